The van der Waals surface area contributed by atoms with Gasteiger partial charge in [0.15, 0.2) is 0 Å². The Morgan fingerprint density at radius 3 is 2.00 bits per heavy atom. The molecule has 0 amide bonds. The summed E-state index contributed by atoms with van der Waals surface area (Å²) in [5, 5.41) is 0. The Morgan fingerprint density at radius 1 is 1.14 bits per heavy atom. The van der Waals surface area contributed by atoms with Gasteiger partial charge in [-0.3, -0.25) is 4.79 Å². The number of hydrogen-bond donors (Lipinski definition) is 0. The molecular weight excluding hydrogens is 172 g/mol. The largest absolute Gasteiger partial charge is 0.299 e. The lowest BCUT2D eigenvalue weighted by Crippen LogP contribution is -2.28. The fourth-order valence-electron chi connectivity index (χ4n) is 2.57. The molecule has 0 bridgehead atoms. The van der Waals surface area contributed by atoms with Gasteiger partial charge in [-0.25, -0.2) is 0 Å². The summed E-state index contributed by atoms with van der Waals surface area (Å²) in [7, 11) is 0. The molecule has 0 N–H and O–H groups in total. The van der Waals surface area contributed by atoms with Crippen molar-refractivity contribution in [2.75, 3.05) is 0 Å². The van der Waals surface area contributed by atoms with Gasteiger partial charge in [0, 0.05) is 12.3 Å². The second kappa shape index (κ2) is 4.46. The zero-order chi connectivity index (χ0) is 10.8. The van der Waals surface area contributed by atoms with Crippen molar-refractivity contribution >= 4 is 5.78 Å². The average molecular weight is 196 g/mol. The molecule has 14 heavy (non-hydrogen) atoms. The SMILES string of the molecule is CCC(=O)C1CCC(C(C)(C)C)CC1. The third kappa shape index (κ3) is 2.83. The Bertz CT molecular complexity index is 192. The first-order chi connectivity index (χ1) is 6.45. The van der Waals surface area contributed by atoms with E-state index in [2.05, 4.69) is 20.8 Å². The van der Waals surface area contributed by atoms with Crippen molar-refractivity contribution in [1.29, 1.82) is 0 Å². The summed E-state index contributed by atoms with van der Waals surface area (Å²) in [6.07, 6.45) is 5.49. The maximum absolute atomic E-state index is 11.5. The van der Waals surface area contributed by atoms with E-state index >= 15 is 0 Å². The molecule has 0 spiro atoms. The van der Waals surface area contributed by atoms with E-state index in [-0.39, 0.29) is 0 Å². The fourth-order valence-corrected chi connectivity index (χ4v) is 2.57. The summed E-state index contributed by atoms with van der Waals surface area (Å²) >= 11 is 0. The van der Waals surface area contributed by atoms with Gasteiger partial charge < -0.3 is 0 Å². The molecule has 0 unspecified atom stereocenters. The maximum atomic E-state index is 11.5. The predicted octanol–water partition coefficient (Wildman–Crippen LogP) is 3.82. The molecule has 0 aromatic rings. The Balaban J connectivity index is 2.43. The van der Waals surface area contributed by atoms with Gasteiger partial charge in [-0.2, -0.15) is 0 Å². The highest BCUT2D eigenvalue weighted by molar-refractivity contribution is 5.80. The van der Waals surface area contributed by atoms with Gasteiger partial charge >= 0.3 is 0 Å². The Labute approximate surface area is 88.3 Å². The van der Waals surface area contributed by atoms with Crippen LogP contribution in [0.1, 0.15) is 59.8 Å². The molecule has 1 heteroatoms. The molecule has 0 atom stereocenters. The van der Waals surface area contributed by atoms with Crippen LogP contribution in [-0.4, -0.2) is 5.78 Å². The number of rotatable bonds is 2. The second-order valence-electron chi connectivity index (χ2n) is 5.73. The van der Waals surface area contributed by atoms with Gasteiger partial charge in [-0.1, -0.05) is 27.7 Å². The van der Waals surface area contributed by atoms with Crippen molar-refractivity contribution in [3.63, 3.8) is 0 Å². The summed E-state index contributed by atoms with van der Waals surface area (Å²) in [6.45, 7) is 8.94. The molecule has 82 valence electrons. The summed E-state index contributed by atoms with van der Waals surface area (Å²) in [5.74, 6) is 1.69. The van der Waals surface area contributed by atoms with Gasteiger partial charge in [-0.05, 0) is 37.0 Å². The topological polar surface area (TPSA) is 17.1 Å². The minimum Gasteiger partial charge on any atom is -0.299 e. The van der Waals surface area contributed by atoms with E-state index in [9.17, 15) is 4.79 Å². The monoisotopic (exact) mass is 196 g/mol. The predicted molar refractivity (Wildman–Crippen MR) is 60.2 cm³/mol. The van der Waals surface area contributed by atoms with Crippen molar-refractivity contribution in [3.8, 4) is 0 Å². The number of ketones is 1. The number of Topliss-reactive ketones (excluding diaryl/α,β-unsaturated/α-hetero) is 1. The highest BCUT2D eigenvalue weighted by atomic mass is 16.1. The molecule has 0 radical (unpaired) electrons. The zero-order valence-corrected chi connectivity index (χ0v) is 10.1. The summed E-state index contributed by atoms with van der Waals surface area (Å²) in [6, 6.07) is 0. The van der Waals surface area contributed by atoms with Crippen LogP contribution >= 0.6 is 0 Å². The van der Waals surface area contributed by atoms with Gasteiger partial charge in [0.25, 0.3) is 0 Å². The van der Waals surface area contributed by atoms with E-state index < -0.39 is 0 Å². The van der Waals surface area contributed by atoms with Crippen LogP contribution in [0, 0.1) is 17.3 Å². The van der Waals surface area contributed by atoms with Crippen molar-refractivity contribution in [1.82, 2.24) is 0 Å². The molecule has 0 aliphatic heterocycles. The Morgan fingerprint density at radius 2 is 1.64 bits per heavy atom. The lowest BCUT2D eigenvalue weighted by Gasteiger charge is -2.36. The van der Waals surface area contributed by atoms with Crippen LogP contribution in [0.5, 0.6) is 0 Å². The van der Waals surface area contributed by atoms with E-state index in [1.807, 2.05) is 6.92 Å². The first kappa shape index (κ1) is 11.7. The van der Waals surface area contributed by atoms with Gasteiger partial charge in [0.1, 0.15) is 5.78 Å². The molecule has 0 heterocycles. The van der Waals surface area contributed by atoms with Crippen LogP contribution in [-0.2, 0) is 4.79 Å². The highest BCUT2D eigenvalue weighted by Gasteiger charge is 2.31. The first-order valence-corrected chi connectivity index (χ1v) is 5.98. The Hall–Kier alpha value is -0.330. The number of carbonyl (C=O) groups excluding carboxylic acids is 1. The van der Waals surface area contributed by atoms with Gasteiger partial charge in [0.2, 0.25) is 0 Å². The average Bonchev–Trinajstić information content (AvgIpc) is 2.15. The van der Waals surface area contributed by atoms with E-state index in [0.29, 0.717) is 17.1 Å². The third-order valence-electron chi connectivity index (χ3n) is 3.76. The summed E-state index contributed by atoms with van der Waals surface area (Å²) in [4.78, 5) is 11.5. The van der Waals surface area contributed by atoms with E-state index in [1.165, 1.54) is 12.8 Å². The lowest BCUT2D eigenvalue weighted by molar-refractivity contribution is -0.124. The molecule has 1 rings (SSSR count). The standard InChI is InChI=1S/C13H24O/c1-5-12(14)10-6-8-11(9-7-10)13(2,3)4/h10-11H,5-9H2,1-4H3. The van der Waals surface area contributed by atoms with Crippen molar-refractivity contribution in [3.05, 3.63) is 0 Å². The molecule has 1 aliphatic carbocycles. The minimum atomic E-state index is 0.388. The molecule has 0 aromatic carbocycles. The van der Waals surface area contributed by atoms with E-state index in [4.69, 9.17) is 0 Å². The van der Waals surface area contributed by atoms with Crippen LogP contribution in [0.2, 0.25) is 0 Å². The van der Waals surface area contributed by atoms with Gasteiger partial charge in [-0.15, -0.1) is 0 Å². The molecule has 0 aromatic heterocycles. The lowest BCUT2D eigenvalue weighted by atomic mass is 9.69. The van der Waals surface area contributed by atoms with Crippen LogP contribution in [0.3, 0.4) is 0 Å². The molecule has 1 aliphatic rings. The van der Waals surface area contributed by atoms with E-state index in [1.54, 1.807) is 0 Å². The molecule has 0 saturated heterocycles. The van der Waals surface area contributed by atoms with Gasteiger partial charge in [0.05, 0.1) is 0 Å². The molecular formula is C13H24O. The first-order valence-electron chi connectivity index (χ1n) is 5.98. The van der Waals surface area contributed by atoms with Crippen LogP contribution in [0.25, 0.3) is 0 Å². The normalized spacial score (nSPS) is 28.9. The van der Waals surface area contributed by atoms with Crippen LogP contribution < -0.4 is 0 Å². The number of carbonyl (C=O) groups is 1. The Kier molecular flexibility index (Phi) is 3.74. The maximum Gasteiger partial charge on any atom is 0.135 e. The minimum absolute atomic E-state index is 0.388. The van der Waals surface area contributed by atoms with Crippen molar-refractivity contribution in [2.24, 2.45) is 17.3 Å². The van der Waals surface area contributed by atoms with Crippen molar-refractivity contribution < 1.29 is 4.79 Å². The quantitative estimate of drug-likeness (QED) is 0.656. The highest BCUT2D eigenvalue weighted by Crippen LogP contribution is 2.40. The third-order valence-corrected chi connectivity index (χ3v) is 3.76. The number of hydrogen-bond acceptors (Lipinski definition) is 1. The smallest absolute Gasteiger partial charge is 0.135 e. The van der Waals surface area contributed by atoms with E-state index in [0.717, 1.165) is 25.2 Å². The molecule has 1 fully saturated rings. The summed E-state index contributed by atoms with van der Waals surface area (Å²) < 4.78 is 0. The molecule has 1 nitrogen and oxygen atoms in total. The fraction of sp³-hybridized carbons (Fsp3) is 0.923. The van der Waals surface area contributed by atoms with Crippen LogP contribution in [0.4, 0.5) is 0 Å². The zero-order valence-electron chi connectivity index (χ0n) is 10.1. The van der Waals surface area contributed by atoms with Crippen LogP contribution in [0.15, 0.2) is 0 Å². The summed E-state index contributed by atoms with van der Waals surface area (Å²) in [5.41, 5.74) is 0.431. The second-order valence-corrected chi connectivity index (χ2v) is 5.73. The molecule has 1 saturated carbocycles. The van der Waals surface area contributed by atoms with Crippen molar-refractivity contribution in [2.45, 2.75) is 59.8 Å².